The number of amides is 1. The van der Waals surface area contributed by atoms with Gasteiger partial charge < -0.3 is 14.8 Å². The standard InChI is InChI=1S/C20H30N4O/c1-14-13-24(11-10-22(14)4)9-8-21-20(25)17-6-7-19-18(12-17)15(2)16(3)23(19)5/h6-7,12,14H,8-11,13H2,1-5H3,(H,21,25). The molecule has 136 valence electrons. The molecular weight excluding hydrogens is 312 g/mol. The summed E-state index contributed by atoms with van der Waals surface area (Å²) in [5, 5.41) is 4.24. The number of rotatable bonds is 4. The first-order chi connectivity index (χ1) is 11.9. The molecule has 5 nitrogen and oxygen atoms in total. The van der Waals surface area contributed by atoms with Crippen LogP contribution in [0.1, 0.15) is 28.5 Å². The number of nitrogens with one attached hydrogen (secondary N) is 1. The van der Waals surface area contributed by atoms with E-state index in [2.05, 4.69) is 54.6 Å². The van der Waals surface area contributed by atoms with Crippen molar-refractivity contribution in [3.63, 3.8) is 0 Å². The number of nitrogens with zero attached hydrogens (tertiary/aromatic N) is 3. The molecule has 0 saturated carbocycles. The predicted octanol–water partition coefficient (Wildman–Crippen LogP) is 2.16. The van der Waals surface area contributed by atoms with Crippen molar-refractivity contribution in [3.8, 4) is 0 Å². The van der Waals surface area contributed by atoms with Gasteiger partial charge in [0.1, 0.15) is 0 Å². The van der Waals surface area contributed by atoms with E-state index in [1.165, 1.54) is 22.2 Å². The van der Waals surface area contributed by atoms with Crippen LogP contribution in [0.3, 0.4) is 0 Å². The molecule has 5 heteroatoms. The SMILES string of the molecule is Cc1c(C)n(C)c2ccc(C(=O)NCCN3CCN(C)C(C)C3)cc12. The lowest BCUT2D eigenvalue weighted by Gasteiger charge is -2.37. The topological polar surface area (TPSA) is 40.5 Å². The van der Waals surface area contributed by atoms with E-state index in [1.54, 1.807) is 0 Å². The van der Waals surface area contributed by atoms with Gasteiger partial charge in [0, 0.05) is 68.0 Å². The van der Waals surface area contributed by atoms with Crippen LogP contribution in [-0.2, 0) is 7.05 Å². The van der Waals surface area contributed by atoms with E-state index in [0.29, 0.717) is 12.6 Å². The molecule has 1 amide bonds. The summed E-state index contributed by atoms with van der Waals surface area (Å²) < 4.78 is 2.18. The minimum Gasteiger partial charge on any atom is -0.351 e. The van der Waals surface area contributed by atoms with Crippen molar-refractivity contribution in [2.24, 2.45) is 7.05 Å². The molecule has 1 aliphatic rings. The Bertz CT molecular complexity index is 780. The van der Waals surface area contributed by atoms with Crippen molar-refractivity contribution in [2.75, 3.05) is 39.8 Å². The molecule has 1 unspecified atom stereocenters. The lowest BCUT2D eigenvalue weighted by atomic mass is 10.1. The summed E-state index contributed by atoms with van der Waals surface area (Å²) in [7, 11) is 4.24. The third-order valence-corrected chi connectivity index (χ3v) is 5.83. The lowest BCUT2D eigenvalue weighted by molar-refractivity contribution is 0.0911. The van der Waals surface area contributed by atoms with Gasteiger partial charge >= 0.3 is 0 Å². The number of hydrogen-bond donors (Lipinski definition) is 1. The number of carbonyl (C=O) groups excluding carboxylic acids is 1. The molecule has 1 atom stereocenters. The molecule has 25 heavy (non-hydrogen) atoms. The van der Waals surface area contributed by atoms with Gasteiger partial charge in [0.2, 0.25) is 0 Å². The number of carbonyl (C=O) groups is 1. The number of aromatic nitrogens is 1. The molecule has 1 fully saturated rings. The van der Waals surface area contributed by atoms with Crippen LogP contribution in [0.15, 0.2) is 18.2 Å². The van der Waals surface area contributed by atoms with Crippen molar-refractivity contribution >= 4 is 16.8 Å². The van der Waals surface area contributed by atoms with E-state index in [9.17, 15) is 4.79 Å². The van der Waals surface area contributed by atoms with Gasteiger partial charge in [0.15, 0.2) is 0 Å². The van der Waals surface area contributed by atoms with E-state index in [1.807, 2.05) is 18.2 Å². The van der Waals surface area contributed by atoms with Crippen LogP contribution in [0.5, 0.6) is 0 Å². The van der Waals surface area contributed by atoms with E-state index in [-0.39, 0.29) is 5.91 Å². The molecule has 0 radical (unpaired) electrons. The third kappa shape index (κ3) is 3.58. The summed E-state index contributed by atoms with van der Waals surface area (Å²) in [5.74, 6) is 0.0185. The van der Waals surface area contributed by atoms with Gasteiger partial charge in [-0.2, -0.15) is 0 Å². The quantitative estimate of drug-likeness (QED) is 0.926. The third-order valence-electron chi connectivity index (χ3n) is 5.83. The summed E-state index contributed by atoms with van der Waals surface area (Å²) in [6.07, 6.45) is 0. The first-order valence-corrected chi connectivity index (χ1v) is 9.15. The second-order valence-corrected chi connectivity index (χ2v) is 7.39. The van der Waals surface area contributed by atoms with Gasteiger partial charge in [-0.05, 0) is 51.6 Å². The van der Waals surface area contributed by atoms with Gasteiger partial charge in [-0.3, -0.25) is 9.69 Å². The maximum absolute atomic E-state index is 12.5. The highest BCUT2D eigenvalue weighted by molar-refractivity contribution is 5.99. The zero-order chi connectivity index (χ0) is 18.1. The molecule has 1 N–H and O–H groups in total. The summed E-state index contributed by atoms with van der Waals surface area (Å²) in [5.41, 5.74) is 4.42. The second-order valence-electron chi connectivity index (χ2n) is 7.39. The molecule has 1 aliphatic heterocycles. The van der Waals surface area contributed by atoms with E-state index in [0.717, 1.165) is 31.7 Å². The number of piperazine rings is 1. The molecule has 2 aromatic rings. The van der Waals surface area contributed by atoms with E-state index >= 15 is 0 Å². The molecular formula is C20H30N4O. The van der Waals surface area contributed by atoms with Gasteiger partial charge in [-0.1, -0.05) is 0 Å². The number of aryl methyl sites for hydroxylation is 2. The number of fused-ring (bicyclic) bond motifs is 1. The van der Waals surface area contributed by atoms with Crippen molar-refractivity contribution in [2.45, 2.75) is 26.8 Å². The van der Waals surface area contributed by atoms with Crippen LogP contribution in [0.4, 0.5) is 0 Å². The summed E-state index contributed by atoms with van der Waals surface area (Å²) >= 11 is 0. The maximum atomic E-state index is 12.5. The van der Waals surface area contributed by atoms with Gasteiger partial charge in [-0.25, -0.2) is 0 Å². The average Bonchev–Trinajstić information content (AvgIpc) is 2.82. The number of benzene rings is 1. The van der Waals surface area contributed by atoms with Gasteiger partial charge in [0.05, 0.1) is 0 Å². The van der Waals surface area contributed by atoms with E-state index < -0.39 is 0 Å². The number of hydrogen-bond acceptors (Lipinski definition) is 3. The Balaban J connectivity index is 1.60. The van der Waals surface area contributed by atoms with Crippen LogP contribution in [0.25, 0.3) is 10.9 Å². The Labute approximate surface area is 150 Å². The van der Waals surface area contributed by atoms with E-state index in [4.69, 9.17) is 0 Å². The fraction of sp³-hybridized carbons (Fsp3) is 0.550. The molecule has 1 saturated heterocycles. The molecule has 0 aliphatic carbocycles. The Morgan fingerprint density at radius 2 is 2.00 bits per heavy atom. The Morgan fingerprint density at radius 1 is 1.24 bits per heavy atom. The minimum atomic E-state index is 0.0185. The molecule has 1 aromatic heterocycles. The Kier molecular flexibility index (Phi) is 5.16. The van der Waals surface area contributed by atoms with Crippen LogP contribution < -0.4 is 5.32 Å². The monoisotopic (exact) mass is 342 g/mol. The molecule has 1 aromatic carbocycles. The van der Waals surface area contributed by atoms with Crippen molar-refractivity contribution in [3.05, 3.63) is 35.0 Å². The van der Waals surface area contributed by atoms with Gasteiger partial charge in [0.25, 0.3) is 5.91 Å². The Hall–Kier alpha value is -1.85. The smallest absolute Gasteiger partial charge is 0.251 e. The van der Waals surface area contributed by atoms with Crippen molar-refractivity contribution < 1.29 is 4.79 Å². The highest BCUT2D eigenvalue weighted by Gasteiger charge is 2.20. The zero-order valence-electron chi connectivity index (χ0n) is 16.1. The second kappa shape index (κ2) is 7.18. The maximum Gasteiger partial charge on any atom is 0.251 e. The van der Waals surface area contributed by atoms with Crippen molar-refractivity contribution in [1.29, 1.82) is 0 Å². The fourth-order valence-electron chi connectivity index (χ4n) is 3.65. The normalized spacial score (nSPS) is 19.5. The highest BCUT2D eigenvalue weighted by atomic mass is 16.1. The van der Waals surface area contributed by atoms with Gasteiger partial charge in [-0.15, -0.1) is 0 Å². The highest BCUT2D eigenvalue weighted by Crippen LogP contribution is 2.25. The summed E-state index contributed by atoms with van der Waals surface area (Å²) in [6, 6.07) is 6.57. The Morgan fingerprint density at radius 3 is 2.72 bits per heavy atom. The van der Waals surface area contributed by atoms with Crippen molar-refractivity contribution in [1.82, 2.24) is 19.7 Å². The average molecular weight is 342 g/mol. The molecule has 0 spiro atoms. The summed E-state index contributed by atoms with van der Waals surface area (Å²) in [4.78, 5) is 17.3. The van der Waals surface area contributed by atoms with Crippen LogP contribution in [-0.4, -0.2) is 66.1 Å². The number of likely N-dealkylation sites (N-methyl/N-ethyl adjacent to an activating group) is 1. The zero-order valence-corrected chi connectivity index (χ0v) is 16.1. The largest absolute Gasteiger partial charge is 0.351 e. The van der Waals surface area contributed by atoms with Crippen LogP contribution >= 0.6 is 0 Å². The van der Waals surface area contributed by atoms with Crippen LogP contribution in [0.2, 0.25) is 0 Å². The predicted molar refractivity (Wildman–Crippen MR) is 103 cm³/mol. The lowest BCUT2D eigenvalue weighted by Crippen LogP contribution is -2.51. The summed E-state index contributed by atoms with van der Waals surface area (Å²) in [6.45, 7) is 11.3. The molecule has 0 bridgehead atoms. The molecule has 2 heterocycles. The first kappa shape index (κ1) is 18.0. The first-order valence-electron chi connectivity index (χ1n) is 9.15. The fourth-order valence-corrected chi connectivity index (χ4v) is 3.65. The van der Waals surface area contributed by atoms with Crippen LogP contribution in [0, 0.1) is 13.8 Å². The minimum absolute atomic E-state index is 0.0185. The molecule has 3 rings (SSSR count).